The molecule has 0 fully saturated rings. The van der Waals surface area contributed by atoms with Gasteiger partial charge >= 0.3 is 0 Å². The van der Waals surface area contributed by atoms with E-state index >= 15 is 0 Å². The average molecular weight is 186 g/mol. The van der Waals surface area contributed by atoms with Crippen LogP contribution in [0.2, 0.25) is 0 Å². The molecule has 0 aliphatic heterocycles. The maximum atomic E-state index is 12.8. The van der Waals surface area contributed by atoms with Crippen LogP contribution < -0.4 is 10.5 Å². The average Bonchev–Trinajstić information content (AvgIpc) is 2.17. The second-order valence-electron chi connectivity index (χ2n) is 2.53. The van der Waals surface area contributed by atoms with Gasteiger partial charge in [-0.3, -0.25) is 4.98 Å². The molecule has 0 aromatic carbocycles. The van der Waals surface area contributed by atoms with Crippen LogP contribution in [0.1, 0.15) is 11.7 Å². The third-order valence-corrected chi connectivity index (χ3v) is 1.64. The summed E-state index contributed by atoms with van der Waals surface area (Å²) in [5, 5.41) is 8.72. The van der Waals surface area contributed by atoms with Crippen molar-refractivity contribution in [2.24, 2.45) is 5.73 Å². The minimum absolute atomic E-state index is 0.0777. The van der Waals surface area contributed by atoms with Gasteiger partial charge in [-0.05, 0) is 0 Å². The van der Waals surface area contributed by atoms with Crippen LogP contribution in [-0.4, -0.2) is 23.8 Å². The molecule has 0 bridgehead atoms. The highest BCUT2D eigenvalue weighted by Gasteiger charge is 2.10. The summed E-state index contributed by atoms with van der Waals surface area (Å²) in [5.74, 6) is -0.467. The largest absolute Gasteiger partial charge is 0.494 e. The highest BCUT2D eigenvalue weighted by atomic mass is 19.1. The molecule has 1 unspecified atom stereocenters. The zero-order valence-corrected chi connectivity index (χ0v) is 7.20. The van der Waals surface area contributed by atoms with Gasteiger partial charge in [0.2, 0.25) is 0 Å². The number of rotatable bonds is 3. The lowest BCUT2D eigenvalue weighted by molar-refractivity contribution is 0.265. The molecule has 3 N–H and O–H groups in total. The molecule has 72 valence electrons. The van der Waals surface area contributed by atoms with E-state index in [0.29, 0.717) is 5.69 Å². The van der Waals surface area contributed by atoms with E-state index in [4.69, 9.17) is 15.6 Å². The molecule has 0 aliphatic rings. The molecule has 0 aliphatic carbocycles. The lowest BCUT2D eigenvalue weighted by atomic mass is 10.2. The summed E-state index contributed by atoms with van der Waals surface area (Å²) in [6, 6.07) is 0.769. The van der Waals surface area contributed by atoms with Crippen molar-refractivity contribution in [1.29, 1.82) is 0 Å². The molecule has 5 heteroatoms. The number of hydrogen-bond acceptors (Lipinski definition) is 4. The van der Waals surface area contributed by atoms with Gasteiger partial charge < -0.3 is 15.6 Å². The van der Waals surface area contributed by atoms with E-state index in [2.05, 4.69) is 4.98 Å². The number of pyridine rings is 1. The van der Waals surface area contributed by atoms with E-state index in [-0.39, 0.29) is 12.4 Å². The number of aliphatic hydroxyl groups is 1. The Bertz CT molecular complexity index is 293. The van der Waals surface area contributed by atoms with Gasteiger partial charge in [-0.25, -0.2) is 4.39 Å². The second-order valence-corrected chi connectivity index (χ2v) is 2.53. The van der Waals surface area contributed by atoms with Gasteiger partial charge in [0.15, 0.2) is 11.6 Å². The first kappa shape index (κ1) is 9.88. The Morgan fingerprint density at radius 2 is 2.46 bits per heavy atom. The molecular weight excluding hydrogens is 175 g/mol. The molecule has 0 spiro atoms. The normalized spacial score (nSPS) is 12.6. The van der Waals surface area contributed by atoms with Crippen LogP contribution in [0.5, 0.6) is 5.75 Å². The van der Waals surface area contributed by atoms with Gasteiger partial charge in [0.1, 0.15) is 0 Å². The van der Waals surface area contributed by atoms with Gasteiger partial charge in [0.25, 0.3) is 0 Å². The molecule has 1 heterocycles. The van der Waals surface area contributed by atoms with E-state index in [1.807, 2.05) is 0 Å². The Morgan fingerprint density at radius 1 is 1.77 bits per heavy atom. The summed E-state index contributed by atoms with van der Waals surface area (Å²) >= 11 is 0. The first-order chi connectivity index (χ1) is 6.19. The van der Waals surface area contributed by atoms with Crippen molar-refractivity contribution in [3.05, 3.63) is 23.8 Å². The Morgan fingerprint density at radius 3 is 3.00 bits per heavy atom. The minimum atomic E-state index is -0.602. The highest BCUT2D eigenvalue weighted by molar-refractivity contribution is 5.26. The Kier molecular flexibility index (Phi) is 3.16. The molecular formula is C8H11FN2O2. The summed E-state index contributed by atoms with van der Waals surface area (Å²) < 4.78 is 17.6. The number of hydrogen-bond donors (Lipinski definition) is 2. The first-order valence-electron chi connectivity index (χ1n) is 3.75. The van der Waals surface area contributed by atoms with E-state index < -0.39 is 11.9 Å². The number of nitrogens with two attached hydrogens (primary N) is 1. The quantitative estimate of drug-likeness (QED) is 0.708. The SMILES string of the molecule is COc1cc(C(N)CO)ncc1F. The molecule has 1 aromatic heterocycles. The predicted octanol–water partition coefficient (Wildman–Crippen LogP) is 0.221. The molecule has 0 amide bonds. The van der Waals surface area contributed by atoms with Crippen molar-refractivity contribution in [1.82, 2.24) is 4.98 Å². The zero-order chi connectivity index (χ0) is 9.84. The summed E-state index contributed by atoms with van der Waals surface area (Å²) in [6.07, 6.45) is 1.02. The molecule has 1 aromatic rings. The molecule has 0 radical (unpaired) electrons. The van der Waals surface area contributed by atoms with Crippen LogP contribution in [0.3, 0.4) is 0 Å². The van der Waals surface area contributed by atoms with Crippen molar-refractivity contribution >= 4 is 0 Å². The Balaban J connectivity index is 2.99. The van der Waals surface area contributed by atoms with E-state index in [1.165, 1.54) is 13.2 Å². The maximum Gasteiger partial charge on any atom is 0.183 e. The topological polar surface area (TPSA) is 68.4 Å². The van der Waals surface area contributed by atoms with Crippen molar-refractivity contribution < 1.29 is 14.2 Å². The Hall–Kier alpha value is -1.20. The lowest BCUT2D eigenvalue weighted by Gasteiger charge is -2.08. The highest BCUT2D eigenvalue weighted by Crippen LogP contribution is 2.18. The monoisotopic (exact) mass is 186 g/mol. The van der Waals surface area contributed by atoms with Crippen LogP contribution in [0.4, 0.5) is 4.39 Å². The van der Waals surface area contributed by atoms with Gasteiger partial charge in [-0.1, -0.05) is 0 Å². The fraction of sp³-hybridized carbons (Fsp3) is 0.375. The third kappa shape index (κ3) is 2.13. The standard InChI is InChI=1S/C8H11FN2O2/c1-13-8-2-7(6(10)4-12)11-3-5(8)9/h2-3,6,12H,4,10H2,1H3. The molecule has 1 rings (SSSR count). The minimum Gasteiger partial charge on any atom is -0.494 e. The van der Waals surface area contributed by atoms with Crippen LogP contribution in [0, 0.1) is 5.82 Å². The number of halogens is 1. The van der Waals surface area contributed by atoms with Crippen LogP contribution >= 0.6 is 0 Å². The van der Waals surface area contributed by atoms with Gasteiger partial charge in [0, 0.05) is 6.07 Å². The smallest absolute Gasteiger partial charge is 0.183 e. The number of methoxy groups -OCH3 is 1. The fourth-order valence-electron chi connectivity index (χ4n) is 0.888. The van der Waals surface area contributed by atoms with Gasteiger partial charge in [0.05, 0.1) is 31.6 Å². The maximum absolute atomic E-state index is 12.8. The van der Waals surface area contributed by atoms with E-state index in [9.17, 15) is 4.39 Å². The predicted molar refractivity (Wildman–Crippen MR) is 44.8 cm³/mol. The second kappa shape index (κ2) is 4.15. The van der Waals surface area contributed by atoms with Crippen LogP contribution in [0.25, 0.3) is 0 Å². The third-order valence-electron chi connectivity index (χ3n) is 1.64. The molecule has 4 nitrogen and oxygen atoms in total. The Labute approximate surface area is 75.2 Å². The molecule has 0 saturated heterocycles. The number of ether oxygens (including phenoxy) is 1. The summed E-state index contributed by atoms with van der Waals surface area (Å²) in [7, 11) is 1.35. The van der Waals surface area contributed by atoms with Crippen molar-refractivity contribution in [3.8, 4) is 5.75 Å². The first-order valence-corrected chi connectivity index (χ1v) is 3.75. The number of aliphatic hydroxyl groups excluding tert-OH is 1. The van der Waals surface area contributed by atoms with Crippen LogP contribution in [0.15, 0.2) is 12.3 Å². The lowest BCUT2D eigenvalue weighted by Crippen LogP contribution is -2.16. The number of nitrogens with zero attached hydrogens (tertiary/aromatic N) is 1. The van der Waals surface area contributed by atoms with Crippen LogP contribution in [-0.2, 0) is 0 Å². The summed E-state index contributed by atoms with van der Waals surface area (Å²) in [4.78, 5) is 3.72. The fourth-order valence-corrected chi connectivity index (χ4v) is 0.888. The van der Waals surface area contributed by atoms with Gasteiger partial charge in [-0.15, -0.1) is 0 Å². The van der Waals surface area contributed by atoms with E-state index in [0.717, 1.165) is 6.20 Å². The molecule has 13 heavy (non-hydrogen) atoms. The van der Waals surface area contributed by atoms with Crippen molar-refractivity contribution in [2.45, 2.75) is 6.04 Å². The van der Waals surface area contributed by atoms with Gasteiger partial charge in [-0.2, -0.15) is 0 Å². The zero-order valence-electron chi connectivity index (χ0n) is 7.20. The number of aromatic nitrogens is 1. The van der Waals surface area contributed by atoms with Crippen molar-refractivity contribution in [2.75, 3.05) is 13.7 Å². The molecule has 0 saturated carbocycles. The van der Waals surface area contributed by atoms with E-state index in [1.54, 1.807) is 0 Å². The van der Waals surface area contributed by atoms with Crippen molar-refractivity contribution in [3.63, 3.8) is 0 Å². The summed E-state index contributed by atoms with van der Waals surface area (Å²) in [6.45, 7) is -0.234. The molecule has 1 atom stereocenters. The summed E-state index contributed by atoms with van der Waals surface area (Å²) in [5.41, 5.74) is 5.88.